The average Bonchev–Trinajstić information content (AvgIpc) is 2.72. The number of hydrogen-bond acceptors (Lipinski definition) is 4. The lowest BCUT2D eigenvalue weighted by Gasteiger charge is -2.41. The minimum Gasteiger partial charge on any atom is -0.497 e. The van der Waals surface area contributed by atoms with Crippen LogP contribution in [0.2, 0.25) is 0 Å². The van der Waals surface area contributed by atoms with Crippen molar-refractivity contribution in [3.05, 3.63) is 54.1 Å². The summed E-state index contributed by atoms with van der Waals surface area (Å²) >= 11 is 0. The maximum atomic E-state index is 12.5. The Balaban J connectivity index is 1.66. The van der Waals surface area contributed by atoms with E-state index in [1.165, 1.54) is 0 Å². The van der Waals surface area contributed by atoms with E-state index in [1.54, 1.807) is 31.4 Å². The van der Waals surface area contributed by atoms with Crippen LogP contribution in [0.1, 0.15) is 44.7 Å². The fourth-order valence-corrected chi connectivity index (χ4v) is 3.49. The minimum atomic E-state index is -0.247. The number of benzene rings is 2. The summed E-state index contributed by atoms with van der Waals surface area (Å²) < 4.78 is 17.0. The number of nitrogens with one attached hydrogen (secondary N) is 1. The van der Waals surface area contributed by atoms with Gasteiger partial charge < -0.3 is 19.5 Å². The predicted octanol–water partition coefficient (Wildman–Crippen LogP) is 4.27. The summed E-state index contributed by atoms with van der Waals surface area (Å²) in [6.45, 7) is 4.23. The Kier molecular flexibility index (Phi) is 5.89. The molecule has 27 heavy (non-hydrogen) atoms. The predicted molar refractivity (Wildman–Crippen MR) is 104 cm³/mol. The van der Waals surface area contributed by atoms with Crippen molar-refractivity contribution in [2.45, 2.75) is 44.8 Å². The van der Waals surface area contributed by atoms with Crippen molar-refractivity contribution in [1.82, 2.24) is 5.32 Å². The van der Waals surface area contributed by atoms with Gasteiger partial charge in [0, 0.05) is 12.0 Å². The molecule has 0 radical (unpaired) electrons. The normalized spacial score (nSPS) is 17.4. The zero-order valence-corrected chi connectivity index (χ0v) is 16.2. The molecule has 0 bridgehead atoms. The number of amides is 1. The van der Waals surface area contributed by atoms with Gasteiger partial charge >= 0.3 is 0 Å². The van der Waals surface area contributed by atoms with E-state index in [2.05, 4.69) is 19.2 Å². The SMILES string of the molecule is CCC1(CC)C[C@@H](NC(=O)COc2ccc(OC)cc2)c2ccccc2O1. The number of para-hydroxylation sites is 1. The van der Waals surface area contributed by atoms with Crippen LogP contribution in [-0.4, -0.2) is 25.2 Å². The number of methoxy groups -OCH3 is 1. The Morgan fingerprint density at radius 3 is 2.44 bits per heavy atom. The maximum absolute atomic E-state index is 12.5. The van der Waals surface area contributed by atoms with E-state index in [9.17, 15) is 4.79 Å². The van der Waals surface area contributed by atoms with Gasteiger partial charge in [-0.15, -0.1) is 0 Å². The average molecular weight is 369 g/mol. The lowest BCUT2D eigenvalue weighted by Crippen LogP contribution is -2.45. The molecule has 1 aliphatic heterocycles. The molecule has 0 aromatic heterocycles. The number of ether oxygens (including phenoxy) is 3. The highest BCUT2D eigenvalue weighted by molar-refractivity contribution is 5.78. The van der Waals surface area contributed by atoms with Gasteiger partial charge in [-0.1, -0.05) is 32.0 Å². The van der Waals surface area contributed by atoms with Gasteiger partial charge in [-0.3, -0.25) is 4.79 Å². The number of rotatable bonds is 7. The van der Waals surface area contributed by atoms with E-state index in [0.29, 0.717) is 5.75 Å². The molecule has 5 heteroatoms. The third kappa shape index (κ3) is 4.35. The standard InChI is InChI=1S/C22H27NO4/c1-4-22(5-2)14-19(18-8-6-7-9-20(18)27-22)23-21(24)15-26-17-12-10-16(25-3)11-13-17/h6-13,19H,4-5,14-15H2,1-3H3,(H,23,24)/t19-/m1/s1. The number of fused-ring (bicyclic) bond motifs is 1. The van der Waals surface area contributed by atoms with Crippen molar-refractivity contribution in [2.75, 3.05) is 13.7 Å². The largest absolute Gasteiger partial charge is 0.497 e. The van der Waals surface area contributed by atoms with E-state index in [-0.39, 0.29) is 24.2 Å². The summed E-state index contributed by atoms with van der Waals surface area (Å²) in [7, 11) is 1.61. The fraction of sp³-hybridized carbons (Fsp3) is 0.409. The van der Waals surface area contributed by atoms with E-state index < -0.39 is 0 Å². The van der Waals surface area contributed by atoms with Crippen LogP contribution in [0.25, 0.3) is 0 Å². The molecule has 3 rings (SSSR count). The topological polar surface area (TPSA) is 56.8 Å². The molecular weight excluding hydrogens is 342 g/mol. The van der Waals surface area contributed by atoms with Gasteiger partial charge in [-0.25, -0.2) is 0 Å². The first-order chi connectivity index (χ1) is 13.1. The van der Waals surface area contributed by atoms with Gasteiger partial charge in [-0.2, -0.15) is 0 Å². The number of carbonyl (C=O) groups is 1. The highest BCUT2D eigenvalue weighted by Gasteiger charge is 2.38. The number of hydrogen-bond donors (Lipinski definition) is 1. The minimum absolute atomic E-state index is 0.0307. The smallest absolute Gasteiger partial charge is 0.258 e. The Morgan fingerprint density at radius 1 is 1.11 bits per heavy atom. The molecule has 0 aliphatic carbocycles. The molecular formula is C22H27NO4. The van der Waals surface area contributed by atoms with Crippen LogP contribution in [0, 0.1) is 0 Å². The molecule has 0 saturated carbocycles. The molecule has 5 nitrogen and oxygen atoms in total. The molecule has 1 N–H and O–H groups in total. The van der Waals surface area contributed by atoms with Crippen LogP contribution >= 0.6 is 0 Å². The van der Waals surface area contributed by atoms with Crippen molar-refractivity contribution >= 4 is 5.91 Å². The Morgan fingerprint density at radius 2 is 1.78 bits per heavy atom. The molecule has 0 unspecified atom stereocenters. The van der Waals surface area contributed by atoms with Crippen molar-refractivity contribution in [1.29, 1.82) is 0 Å². The first kappa shape index (κ1) is 19.1. The number of carbonyl (C=O) groups excluding carboxylic acids is 1. The second kappa shape index (κ2) is 8.33. The Hall–Kier alpha value is -2.69. The van der Waals surface area contributed by atoms with Crippen LogP contribution in [-0.2, 0) is 4.79 Å². The maximum Gasteiger partial charge on any atom is 0.258 e. The van der Waals surface area contributed by atoms with Crippen molar-refractivity contribution in [2.24, 2.45) is 0 Å². The quantitative estimate of drug-likeness (QED) is 0.792. The third-order valence-corrected chi connectivity index (χ3v) is 5.25. The monoisotopic (exact) mass is 369 g/mol. The summed E-state index contributed by atoms with van der Waals surface area (Å²) in [4.78, 5) is 12.5. The Labute approximate surface area is 160 Å². The molecule has 0 fully saturated rings. The van der Waals surface area contributed by atoms with Crippen molar-refractivity contribution in [3.8, 4) is 17.2 Å². The fourth-order valence-electron chi connectivity index (χ4n) is 3.49. The molecule has 144 valence electrons. The second-order valence-corrected chi connectivity index (χ2v) is 6.82. The molecule has 0 saturated heterocycles. The van der Waals surface area contributed by atoms with Gasteiger partial charge in [0.25, 0.3) is 5.91 Å². The molecule has 1 heterocycles. The first-order valence-corrected chi connectivity index (χ1v) is 9.43. The van der Waals surface area contributed by atoms with Crippen LogP contribution in [0.4, 0.5) is 0 Å². The van der Waals surface area contributed by atoms with Crippen LogP contribution in [0.15, 0.2) is 48.5 Å². The lowest BCUT2D eigenvalue weighted by atomic mass is 9.83. The molecule has 2 aromatic rings. The third-order valence-electron chi connectivity index (χ3n) is 5.25. The van der Waals surface area contributed by atoms with Gasteiger partial charge in [0.1, 0.15) is 22.8 Å². The second-order valence-electron chi connectivity index (χ2n) is 6.82. The van der Waals surface area contributed by atoms with Gasteiger partial charge in [-0.05, 0) is 43.2 Å². The summed E-state index contributed by atoms with van der Waals surface area (Å²) in [6, 6.07) is 15.0. The Bertz CT molecular complexity index is 768. The lowest BCUT2D eigenvalue weighted by molar-refractivity contribution is -0.124. The van der Waals surface area contributed by atoms with Crippen molar-refractivity contribution in [3.63, 3.8) is 0 Å². The van der Waals surface area contributed by atoms with E-state index in [0.717, 1.165) is 36.3 Å². The van der Waals surface area contributed by atoms with Gasteiger partial charge in [0.05, 0.1) is 13.2 Å². The van der Waals surface area contributed by atoms with Crippen LogP contribution in [0.3, 0.4) is 0 Å². The molecule has 1 aliphatic rings. The summed E-state index contributed by atoms with van der Waals surface area (Å²) in [5.74, 6) is 2.10. The summed E-state index contributed by atoms with van der Waals surface area (Å²) in [5.41, 5.74) is 0.774. The van der Waals surface area contributed by atoms with E-state index in [1.807, 2.05) is 24.3 Å². The van der Waals surface area contributed by atoms with Gasteiger partial charge in [0.2, 0.25) is 0 Å². The summed E-state index contributed by atoms with van der Waals surface area (Å²) in [6.07, 6.45) is 2.55. The zero-order chi connectivity index (χ0) is 19.3. The molecule has 0 spiro atoms. The summed E-state index contributed by atoms with van der Waals surface area (Å²) in [5, 5.41) is 3.12. The van der Waals surface area contributed by atoms with E-state index in [4.69, 9.17) is 14.2 Å². The molecule has 1 atom stereocenters. The molecule has 1 amide bonds. The zero-order valence-electron chi connectivity index (χ0n) is 16.2. The van der Waals surface area contributed by atoms with Crippen LogP contribution in [0.5, 0.6) is 17.2 Å². The highest BCUT2D eigenvalue weighted by atomic mass is 16.5. The van der Waals surface area contributed by atoms with Gasteiger partial charge in [0.15, 0.2) is 6.61 Å². The highest BCUT2D eigenvalue weighted by Crippen LogP contribution is 2.42. The first-order valence-electron chi connectivity index (χ1n) is 9.43. The van der Waals surface area contributed by atoms with E-state index >= 15 is 0 Å². The molecule has 2 aromatic carbocycles. The van der Waals surface area contributed by atoms with Crippen LogP contribution < -0.4 is 19.5 Å². The van der Waals surface area contributed by atoms with Crippen molar-refractivity contribution < 1.29 is 19.0 Å².